The van der Waals surface area contributed by atoms with E-state index in [9.17, 15) is 4.79 Å². The van der Waals surface area contributed by atoms with E-state index in [-0.39, 0.29) is 11.9 Å². The molecule has 5 heteroatoms. The van der Waals surface area contributed by atoms with Gasteiger partial charge in [0.05, 0.1) is 12.1 Å². The molecule has 0 saturated heterocycles. The Bertz CT molecular complexity index is 824. The summed E-state index contributed by atoms with van der Waals surface area (Å²) in [7, 11) is 0. The van der Waals surface area contributed by atoms with Crippen LogP contribution in [0.5, 0.6) is 0 Å². The summed E-state index contributed by atoms with van der Waals surface area (Å²) in [5.74, 6) is 0.427. The van der Waals surface area contributed by atoms with Crippen LogP contribution in [0.2, 0.25) is 0 Å². The van der Waals surface area contributed by atoms with E-state index in [0.717, 1.165) is 30.4 Å². The molecule has 1 aliphatic rings. The smallest absolute Gasteiger partial charge is 0.306 e. The number of ether oxygens (including phenoxy) is 1. The van der Waals surface area contributed by atoms with Gasteiger partial charge < -0.3 is 16.2 Å². The van der Waals surface area contributed by atoms with Crippen LogP contribution in [0.4, 0.5) is 11.5 Å². The molecular weight excluding hydrogens is 326 g/mol. The Morgan fingerprint density at radius 3 is 2.77 bits per heavy atom. The summed E-state index contributed by atoms with van der Waals surface area (Å²) < 4.78 is 5.50. The highest BCUT2D eigenvalue weighted by molar-refractivity contribution is 5.82. The molecule has 0 fully saturated rings. The number of nitrogen functional groups attached to an aromatic ring is 2. The topological polar surface area (TPSA) is 91.2 Å². The Hall–Kier alpha value is -2.56. The molecule has 4 N–H and O–H groups in total. The highest BCUT2D eigenvalue weighted by Gasteiger charge is 2.26. The molecule has 5 nitrogen and oxygen atoms in total. The number of fused-ring (bicyclic) bond motifs is 1. The number of aryl methyl sites for hydroxylation is 1. The first-order chi connectivity index (χ1) is 12.2. The summed E-state index contributed by atoms with van der Waals surface area (Å²) in [6.45, 7) is 5.70. The number of aromatic nitrogens is 1. The van der Waals surface area contributed by atoms with Gasteiger partial charge in [0.15, 0.2) is 0 Å². The molecule has 0 spiro atoms. The molecule has 0 bridgehead atoms. The molecular formula is C21H27N3O2. The second kappa shape index (κ2) is 6.98. The number of benzene rings is 1. The first-order valence-corrected chi connectivity index (χ1v) is 9.09. The number of carbonyl (C=O) groups is 1. The highest BCUT2D eigenvalue weighted by Crippen LogP contribution is 2.38. The molecule has 0 radical (unpaired) electrons. The van der Waals surface area contributed by atoms with Crippen molar-refractivity contribution in [2.75, 3.05) is 11.5 Å². The minimum absolute atomic E-state index is 0.134. The number of hydrogen-bond acceptors (Lipinski definition) is 5. The van der Waals surface area contributed by atoms with E-state index in [1.165, 1.54) is 11.1 Å². The number of anilines is 2. The lowest BCUT2D eigenvalue weighted by Gasteiger charge is -2.27. The van der Waals surface area contributed by atoms with Crippen LogP contribution in [0.3, 0.4) is 0 Å². The molecule has 3 rings (SSSR count). The van der Waals surface area contributed by atoms with E-state index in [1.807, 2.05) is 26.8 Å². The van der Waals surface area contributed by atoms with E-state index < -0.39 is 5.60 Å². The lowest BCUT2D eigenvalue weighted by Crippen LogP contribution is -2.25. The number of pyridine rings is 1. The fourth-order valence-corrected chi connectivity index (χ4v) is 3.62. The second-order valence-electron chi connectivity index (χ2n) is 7.95. The minimum atomic E-state index is -0.447. The van der Waals surface area contributed by atoms with Gasteiger partial charge in [-0.15, -0.1) is 0 Å². The Morgan fingerprint density at radius 1 is 1.27 bits per heavy atom. The largest absolute Gasteiger partial charge is 0.460 e. The number of hydrogen-bond donors (Lipinski definition) is 2. The van der Waals surface area contributed by atoms with Gasteiger partial charge in [-0.2, -0.15) is 0 Å². The molecule has 2 aromatic rings. The maximum Gasteiger partial charge on any atom is 0.306 e. The molecule has 0 saturated carbocycles. The van der Waals surface area contributed by atoms with E-state index >= 15 is 0 Å². The van der Waals surface area contributed by atoms with Crippen molar-refractivity contribution in [3.8, 4) is 11.1 Å². The summed E-state index contributed by atoms with van der Waals surface area (Å²) in [5, 5.41) is 0. The summed E-state index contributed by atoms with van der Waals surface area (Å²) >= 11 is 0. The van der Waals surface area contributed by atoms with Crippen molar-refractivity contribution in [2.45, 2.75) is 58.0 Å². The molecule has 1 unspecified atom stereocenters. The number of rotatable bonds is 3. The van der Waals surface area contributed by atoms with Crippen LogP contribution in [0.1, 0.15) is 57.1 Å². The maximum absolute atomic E-state index is 12.2. The zero-order chi connectivity index (χ0) is 18.9. The van der Waals surface area contributed by atoms with Crippen LogP contribution in [-0.2, 0) is 16.0 Å². The van der Waals surface area contributed by atoms with Crippen LogP contribution in [0, 0.1) is 0 Å². The first kappa shape index (κ1) is 18.2. The van der Waals surface area contributed by atoms with Crippen molar-refractivity contribution in [3.63, 3.8) is 0 Å². The van der Waals surface area contributed by atoms with Gasteiger partial charge in [-0.3, -0.25) is 4.79 Å². The van der Waals surface area contributed by atoms with Crippen molar-refractivity contribution < 1.29 is 9.53 Å². The average Bonchev–Trinajstić information content (AvgIpc) is 2.55. The molecule has 138 valence electrons. The number of esters is 1. The van der Waals surface area contributed by atoms with Crippen molar-refractivity contribution >= 4 is 17.5 Å². The van der Waals surface area contributed by atoms with Crippen LogP contribution < -0.4 is 11.5 Å². The first-order valence-electron chi connectivity index (χ1n) is 9.09. The van der Waals surface area contributed by atoms with Gasteiger partial charge >= 0.3 is 5.97 Å². The zero-order valence-corrected chi connectivity index (χ0v) is 15.7. The molecule has 26 heavy (non-hydrogen) atoms. The third-order valence-corrected chi connectivity index (χ3v) is 4.75. The standard InChI is InChI=1S/C21H27N3O2/c1-21(2,3)26-18(25)12-14-6-4-5-13-11-15(7-8-16(13)14)17-9-10-24-20(23)19(17)22/h7-11,14H,4-6,12,22H2,1-3H3,(H2,23,24). The quantitative estimate of drug-likeness (QED) is 0.812. The second-order valence-corrected chi connectivity index (χ2v) is 7.95. The number of nitrogens with zero attached hydrogens (tertiary/aromatic N) is 1. The van der Waals surface area contributed by atoms with E-state index in [0.29, 0.717) is 17.9 Å². The molecule has 1 aromatic heterocycles. The maximum atomic E-state index is 12.2. The van der Waals surface area contributed by atoms with Crippen LogP contribution in [0.25, 0.3) is 11.1 Å². The monoisotopic (exact) mass is 353 g/mol. The van der Waals surface area contributed by atoms with E-state index in [4.69, 9.17) is 16.2 Å². The van der Waals surface area contributed by atoms with Crippen molar-refractivity contribution in [1.82, 2.24) is 4.98 Å². The third kappa shape index (κ3) is 3.98. The SMILES string of the molecule is CC(C)(C)OC(=O)CC1CCCc2cc(-c3ccnc(N)c3N)ccc21. The van der Waals surface area contributed by atoms with Crippen molar-refractivity contribution in [2.24, 2.45) is 0 Å². The molecule has 1 aromatic carbocycles. The fourth-order valence-electron chi connectivity index (χ4n) is 3.62. The molecule has 0 aliphatic heterocycles. The minimum Gasteiger partial charge on any atom is -0.460 e. The van der Waals surface area contributed by atoms with Gasteiger partial charge in [0, 0.05) is 11.8 Å². The van der Waals surface area contributed by atoms with Gasteiger partial charge in [-0.25, -0.2) is 4.98 Å². The van der Waals surface area contributed by atoms with Gasteiger partial charge in [-0.05, 0) is 68.7 Å². The van der Waals surface area contributed by atoms with Gasteiger partial charge in [0.25, 0.3) is 0 Å². The average molecular weight is 353 g/mol. The Kier molecular flexibility index (Phi) is 4.90. The highest BCUT2D eigenvalue weighted by atomic mass is 16.6. The predicted octanol–water partition coefficient (Wildman–Crippen LogP) is 4.06. The summed E-state index contributed by atoms with van der Waals surface area (Å²) in [5.41, 5.74) is 16.4. The van der Waals surface area contributed by atoms with Crippen molar-refractivity contribution in [1.29, 1.82) is 0 Å². The summed E-state index contributed by atoms with van der Waals surface area (Å²) in [6.07, 6.45) is 5.18. The lowest BCUT2D eigenvalue weighted by molar-refractivity contribution is -0.155. The molecule has 1 heterocycles. The number of carbonyl (C=O) groups excluding carboxylic acids is 1. The van der Waals surface area contributed by atoms with Gasteiger partial charge in [0.1, 0.15) is 11.4 Å². The molecule has 0 amide bonds. The van der Waals surface area contributed by atoms with Gasteiger partial charge in [-0.1, -0.05) is 18.2 Å². The Balaban J connectivity index is 1.86. The Morgan fingerprint density at radius 2 is 2.04 bits per heavy atom. The van der Waals surface area contributed by atoms with Gasteiger partial charge in [0.2, 0.25) is 0 Å². The van der Waals surface area contributed by atoms with Crippen molar-refractivity contribution in [3.05, 3.63) is 41.6 Å². The summed E-state index contributed by atoms with van der Waals surface area (Å²) in [6, 6.07) is 8.22. The third-order valence-electron chi connectivity index (χ3n) is 4.75. The predicted molar refractivity (Wildman–Crippen MR) is 105 cm³/mol. The normalized spacial score (nSPS) is 16.8. The number of nitrogens with two attached hydrogens (primary N) is 2. The van der Waals surface area contributed by atoms with Crippen LogP contribution in [-0.4, -0.2) is 16.6 Å². The Labute approximate surface area is 154 Å². The van der Waals surface area contributed by atoms with E-state index in [2.05, 4.69) is 23.2 Å². The van der Waals surface area contributed by atoms with E-state index in [1.54, 1.807) is 6.20 Å². The van der Waals surface area contributed by atoms with Crippen LogP contribution in [0.15, 0.2) is 30.5 Å². The zero-order valence-electron chi connectivity index (χ0n) is 15.7. The molecule has 1 atom stereocenters. The molecule has 1 aliphatic carbocycles. The van der Waals surface area contributed by atoms with Crippen LogP contribution >= 0.6 is 0 Å². The lowest BCUT2D eigenvalue weighted by atomic mass is 9.80. The fraction of sp³-hybridized carbons (Fsp3) is 0.429. The summed E-state index contributed by atoms with van der Waals surface area (Å²) in [4.78, 5) is 16.3.